The standard InChI is InChI=1S/C16H19N3O/c1-12-6-4-7-13(10-12)11-19(3)16(20)14-8-5-9-18-15(14)17-2/h4-10H,11H2,1-3H3,(H,17,18). The van der Waals surface area contributed by atoms with Gasteiger partial charge in [0.25, 0.3) is 5.91 Å². The highest BCUT2D eigenvalue weighted by Crippen LogP contribution is 2.15. The first-order valence-corrected chi connectivity index (χ1v) is 6.55. The van der Waals surface area contributed by atoms with E-state index in [1.54, 1.807) is 37.3 Å². The summed E-state index contributed by atoms with van der Waals surface area (Å²) in [6.07, 6.45) is 1.67. The zero-order valence-corrected chi connectivity index (χ0v) is 12.1. The smallest absolute Gasteiger partial charge is 0.257 e. The van der Waals surface area contributed by atoms with Crippen molar-refractivity contribution in [2.24, 2.45) is 0 Å². The van der Waals surface area contributed by atoms with Gasteiger partial charge in [0.2, 0.25) is 0 Å². The molecule has 1 aromatic heterocycles. The minimum atomic E-state index is -0.0380. The number of carbonyl (C=O) groups excluding carboxylic acids is 1. The number of pyridine rings is 1. The number of carbonyl (C=O) groups is 1. The minimum Gasteiger partial charge on any atom is -0.372 e. The van der Waals surface area contributed by atoms with Crippen LogP contribution in [0.3, 0.4) is 0 Å². The molecule has 1 heterocycles. The van der Waals surface area contributed by atoms with E-state index in [1.165, 1.54) is 5.56 Å². The molecule has 4 heteroatoms. The fraction of sp³-hybridized carbons (Fsp3) is 0.250. The normalized spacial score (nSPS) is 10.2. The van der Waals surface area contributed by atoms with Crippen LogP contribution in [0.2, 0.25) is 0 Å². The molecular weight excluding hydrogens is 250 g/mol. The molecule has 2 rings (SSSR count). The van der Waals surface area contributed by atoms with Gasteiger partial charge in [0.05, 0.1) is 5.56 Å². The zero-order valence-electron chi connectivity index (χ0n) is 12.1. The van der Waals surface area contributed by atoms with Crippen LogP contribution in [0.25, 0.3) is 0 Å². The van der Waals surface area contributed by atoms with Gasteiger partial charge in [-0.15, -0.1) is 0 Å². The quantitative estimate of drug-likeness (QED) is 0.928. The number of nitrogens with one attached hydrogen (secondary N) is 1. The topological polar surface area (TPSA) is 45.2 Å². The average Bonchev–Trinajstić information content (AvgIpc) is 2.46. The Labute approximate surface area is 119 Å². The lowest BCUT2D eigenvalue weighted by Gasteiger charge is -2.18. The molecule has 0 unspecified atom stereocenters. The van der Waals surface area contributed by atoms with E-state index in [9.17, 15) is 4.79 Å². The summed E-state index contributed by atoms with van der Waals surface area (Å²) >= 11 is 0. The Morgan fingerprint density at radius 1 is 1.30 bits per heavy atom. The van der Waals surface area contributed by atoms with Gasteiger partial charge in [0.1, 0.15) is 5.82 Å². The van der Waals surface area contributed by atoms with Crippen LogP contribution in [-0.4, -0.2) is 29.9 Å². The highest BCUT2D eigenvalue weighted by molar-refractivity contribution is 5.98. The highest BCUT2D eigenvalue weighted by atomic mass is 16.2. The fourth-order valence-electron chi connectivity index (χ4n) is 2.14. The van der Waals surface area contributed by atoms with Gasteiger partial charge in [0.15, 0.2) is 0 Å². The average molecular weight is 269 g/mol. The largest absolute Gasteiger partial charge is 0.372 e. The van der Waals surface area contributed by atoms with Gasteiger partial charge < -0.3 is 10.2 Å². The Bertz CT molecular complexity index is 610. The van der Waals surface area contributed by atoms with E-state index in [1.807, 2.05) is 25.1 Å². The number of anilines is 1. The van der Waals surface area contributed by atoms with Crippen molar-refractivity contribution < 1.29 is 4.79 Å². The Balaban J connectivity index is 2.16. The summed E-state index contributed by atoms with van der Waals surface area (Å²) in [5.41, 5.74) is 2.90. The molecule has 0 atom stereocenters. The predicted molar refractivity (Wildman–Crippen MR) is 80.8 cm³/mol. The molecule has 20 heavy (non-hydrogen) atoms. The lowest BCUT2D eigenvalue weighted by Crippen LogP contribution is -2.27. The maximum Gasteiger partial charge on any atom is 0.257 e. The summed E-state index contributed by atoms with van der Waals surface area (Å²) in [5.74, 6) is 0.567. The second kappa shape index (κ2) is 6.19. The van der Waals surface area contributed by atoms with Crippen LogP contribution in [0.4, 0.5) is 5.82 Å². The molecule has 1 N–H and O–H groups in total. The fourth-order valence-corrected chi connectivity index (χ4v) is 2.14. The monoisotopic (exact) mass is 269 g/mol. The van der Waals surface area contributed by atoms with Crippen LogP contribution < -0.4 is 5.32 Å². The predicted octanol–water partition coefficient (Wildman–Crippen LogP) is 2.70. The third-order valence-electron chi connectivity index (χ3n) is 3.12. The van der Waals surface area contributed by atoms with E-state index in [4.69, 9.17) is 0 Å². The number of aromatic nitrogens is 1. The number of aryl methyl sites for hydroxylation is 1. The maximum absolute atomic E-state index is 12.5. The molecule has 2 aromatic rings. The van der Waals surface area contributed by atoms with Crippen LogP contribution in [0.15, 0.2) is 42.6 Å². The summed E-state index contributed by atoms with van der Waals surface area (Å²) in [7, 11) is 3.57. The summed E-state index contributed by atoms with van der Waals surface area (Å²) in [4.78, 5) is 18.3. The van der Waals surface area contributed by atoms with Gasteiger partial charge in [-0.1, -0.05) is 29.8 Å². The molecule has 0 saturated heterocycles. The molecular formula is C16H19N3O. The van der Waals surface area contributed by atoms with Crippen LogP contribution in [0.5, 0.6) is 0 Å². The Kier molecular flexibility index (Phi) is 4.35. The second-order valence-corrected chi connectivity index (χ2v) is 4.80. The van der Waals surface area contributed by atoms with E-state index in [2.05, 4.69) is 16.4 Å². The Hall–Kier alpha value is -2.36. The lowest BCUT2D eigenvalue weighted by molar-refractivity contribution is 0.0785. The maximum atomic E-state index is 12.5. The first-order chi connectivity index (χ1) is 9.61. The number of hydrogen-bond donors (Lipinski definition) is 1. The molecule has 1 aromatic carbocycles. The summed E-state index contributed by atoms with van der Waals surface area (Å²) in [6.45, 7) is 2.63. The Morgan fingerprint density at radius 2 is 2.10 bits per heavy atom. The number of amides is 1. The number of rotatable bonds is 4. The van der Waals surface area contributed by atoms with Crippen molar-refractivity contribution in [3.8, 4) is 0 Å². The van der Waals surface area contributed by atoms with Crippen LogP contribution in [0, 0.1) is 6.92 Å². The lowest BCUT2D eigenvalue weighted by atomic mass is 10.1. The third kappa shape index (κ3) is 3.15. The van der Waals surface area contributed by atoms with Crippen molar-refractivity contribution in [3.05, 3.63) is 59.3 Å². The van der Waals surface area contributed by atoms with Gasteiger partial charge >= 0.3 is 0 Å². The van der Waals surface area contributed by atoms with Crippen molar-refractivity contribution in [3.63, 3.8) is 0 Å². The molecule has 0 aliphatic rings. The SMILES string of the molecule is CNc1ncccc1C(=O)N(C)Cc1cccc(C)c1. The second-order valence-electron chi connectivity index (χ2n) is 4.80. The molecule has 0 aliphatic carbocycles. The van der Waals surface area contributed by atoms with Gasteiger partial charge in [-0.2, -0.15) is 0 Å². The van der Waals surface area contributed by atoms with Gasteiger partial charge in [0, 0.05) is 26.8 Å². The molecule has 1 amide bonds. The number of hydrogen-bond acceptors (Lipinski definition) is 3. The van der Waals surface area contributed by atoms with Crippen LogP contribution in [0.1, 0.15) is 21.5 Å². The first kappa shape index (κ1) is 14.1. The van der Waals surface area contributed by atoms with E-state index in [0.29, 0.717) is 17.9 Å². The van der Waals surface area contributed by atoms with Crippen LogP contribution >= 0.6 is 0 Å². The molecule has 0 saturated carbocycles. The highest BCUT2D eigenvalue weighted by Gasteiger charge is 2.16. The van der Waals surface area contributed by atoms with E-state index in [0.717, 1.165) is 5.56 Å². The Morgan fingerprint density at radius 3 is 2.80 bits per heavy atom. The summed E-state index contributed by atoms with van der Waals surface area (Å²) in [6, 6.07) is 11.7. The van der Waals surface area contributed by atoms with Gasteiger partial charge in [-0.05, 0) is 24.6 Å². The van der Waals surface area contributed by atoms with Crippen molar-refractivity contribution in [1.82, 2.24) is 9.88 Å². The number of nitrogens with zero attached hydrogens (tertiary/aromatic N) is 2. The molecule has 104 valence electrons. The van der Waals surface area contributed by atoms with Crippen molar-refractivity contribution in [2.45, 2.75) is 13.5 Å². The number of benzene rings is 1. The zero-order chi connectivity index (χ0) is 14.5. The summed E-state index contributed by atoms with van der Waals surface area (Å²) in [5, 5.41) is 2.95. The van der Waals surface area contributed by atoms with Crippen molar-refractivity contribution in [2.75, 3.05) is 19.4 Å². The molecule has 0 spiro atoms. The van der Waals surface area contributed by atoms with E-state index >= 15 is 0 Å². The first-order valence-electron chi connectivity index (χ1n) is 6.55. The minimum absolute atomic E-state index is 0.0380. The third-order valence-corrected chi connectivity index (χ3v) is 3.12. The van der Waals surface area contributed by atoms with Crippen molar-refractivity contribution >= 4 is 11.7 Å². The van der Waals surface area contributed by atoms with Gasteiger partial charge in [-0.3, -0.25) is 4.79 Å². The molecule has 4 nitrogen and oxygen atoms in total. The van der Waals surface area contributed by atoms with Gasteiger partial charge in [-0.25, -0.2) is 4.98 Å². The molecule has 0 aliphatic heterocycles. The molecule has 0 radical (unpaired) electrons. The van der Waals surface area contributed by atoms with Crippen LogP contribution in [-0.2, 0) is 6.54 Å². The summed E-state index contributed by atoms with van der Waals surface area (Å²) < 4.78 is 0. The molecule has 0 bridgehead atoms. The van der Waals surface area contributed by atoms with E-state index in [-0.39, 0.29) is 5.91 Å². The van der Waals surface area contributed by atoms with E-state index < -0.39 is 0 Å². The van der Waals surface area contributed by atoms with Crippen molar-refractivity contribution in [1.29, 1.82) is 0 Å². The molecule has 0 fully saturated rings.